The first-order chi connectivity index (χ1) is 11.5. The van der Waals surface area contributed by atoms with Gasteiger partial charge in [0.05, 0.1) is 13.3 Å². The van der Waals surface area contributed by atoms with Crippen LogP contribution in [0.4, 0.5) is 5.69 Å². The lowest BCUT2D eigenvalue weighted by molar-refractivity contribution is -0.136. The smallest absolute Gasteiger partial charge is 0.329 e. The van der Waals surface area contributed by atoms with E-state index in [-0.39, 0.29) is 0 Å². The standard InChI is InChI=1S/C17H16ClN3O3/c1-11-14(18)4-3-5-15(11)20-16(22)17(23)21-19-10-12-6-8-13(24-2)9-7-12/h3-10H,1-2H3,(H,20,22)(H,21,23)/b19-10+. The van der Waals surface area contributed by atoms with Crippen LogP contribution in [0.5, 0.6) is 5.75 Å². The lowest BCUT2D eigenvalue weighted by Crippen LogP contribution is -2.32. The van der Waals surface area contributed by atoms with Gasteiger partial charge in [0.15, 0.2) is 0 Å². The molecule has 0 atom stereocenters. The monoisotopic (exact) mass is 345 g/mol. The molecule has 0 aromatic heterocycles. The molecule has 0 heterocycles. The van der Waals surface area contributed by atoms with E-state index in [1.54, 1.807) is 56.5 Å². The number of nitrogens with one attached hydrogen (secondary N) is 2. The van der Waals surface area contributed by atoms with Crippen molar-refractivity contribution in [2.24, 2.45) is 5.10 Å². The molecule has 2 rings (SSSR count). The number of nitrogens with zero attached hydrogens (tertiary/aromatic N) is 1. The minimum absolute atomic E-state index is 0.474. The van der Waals surface area contributed by atoms with Crippen LogP contribution in [0.2, 0.25) is 5.02 Å². The second-order valence-corrected chi connectivity index (χ2v) is 5.25. The number of amides is 2. The molecule has 2 aromatic carbocycles. The van der Waals surface area contributed by atoms with Crippen molar-refractivity contribution in [1.82, 2.24) is 5.43 Å². The van der Waals surface area contributed by atoms with Crippen LogP contribution < -0.4 is 15.5 Å². The summed E-state index contributed by atoms with van der Waals surface area (Å²) in [5.74, 6) is -0.987. The van der Waals surface area contributed by atoms with Crippen LogP contribution in [0.15, 0.2) is 47.6 Å². The van der Waals surface area contributed by atoms with Crippen molar-refractivity contribution in [2.45, 2.75) is 6.92 Å². The Balaban J connectivity index is 1.92. The van der Waals surface area contributed by atoms with E-state index in [0.717, 1.165) is 5.56 Å². The predicted molar refractivity (Wildman–Crippen MR) is 93.5 cm³/mol. The zero-order valence-electron chi connectivity index (χ0n) is 13.2. The SMILES string of the molecule is COc1ccc(/C=N/NC(=O)C(=O)Nc2cccc(Cl)c2C)cc1. The third-order valence-corrected chi connectivity index (χ3v) is 3.63. The fourth-order valence-electron chi connectivity index (χ4n) is 1.83. The molecule has 0 saturated heterocycles. The van der Waals surface area contributed by atoms with Crippen molar-refractivity contribution in [3.63, 3.8) is 0 Å². The number of carbonyl (C=O) groups excluding carboxylic acids is 2. The van der Waals surface area contributed by atoms with Gasteiger partial charge in [0.1, 0.15) is 5.75 Å². The molecule has 0 aliphatic heterocycles. The van der Waals surface area contributed by atoms with Crippen molar-refractivity contribution in [2.75, 3.05) is 12.4 Å². The zero-order chi connectivity index (χ0) is 17.5. The van der Waals surface area contributed by atoms with Gasteiger partial charge in [-0.2, -0.15) is 5.10 Å². The number of rotatable bonds is 4. The number of carbonyl (C=O) groups is 2. The van der Waals surface area contributed by atoms with E-state index in [4.69, 9.17) is 16.3 Å². The third kappa shape index (κ3) is 4.57. The molecular weight excluding hydrogens is 330 g/mol. The predicted octanol–water partition coefficient (Wildman–Crippen LogP) is 2.75. The summed E-state index contributed by atoms with van der Waals surface area (Å²) in [6.07, 6.45) is 1.43. The van der Waals surface area contributed by atoms with Crippen molar-refractivity contribution >= 4 is 35.3 Å². The molecule has 2 amide bonds. The minimum Gasteiger partial charge on any atom is -0.497 e. The van der Waals surface area contributed by atoms with Gasteiger partial charge in [-0.15, -0.1) is 0 Å². The Morgan fingerprint density at radius 1 is 1.12 bits per heavy atom. The first-order valence-electron chi connectivity index (χ1n) is 7.05. The highest BCUT2D eigenvalue weighted by Gasteiger charge is 2.14. The highest BCUT2D eigenvalue weighted by molar-refractivity contribution is 6.40. The second kappa shape index (κ2) is 8.12. The fourth-order valence-corrected chi connectivity index (χ4v) is 2.00. The Kier molecular flexibility index (Phi) is 5.92. The fraction of sp³-hybridized carbons (Fsp3) is 0.118. The van der Waals surface area contributed by atoms with Crippen LogP contribution in [0.1, 0.15) is 11.1 Å². The highest BCUT2D eigenvalue weighted by atomic mass is 35.5. The van der Waals surface area contributed by atoms with Crippen molar-refractivity contribution in [3.8, 4) is 5.75 Å². The zero-order valence-corrected chi connectivity index (χ0v) is 13.9. The van der Waals surface area contributed by atoms with E-state index in [1.807, 2.05) is 0 Å². The van der Waals surface area contributed by atoms with E-state index in [1.165, 1.54) is 6.21 Å². The van der Waals surface area contributed by atoms with Crippen molar-refractivity contribution < 1.29 is 14.3 Å². The van der Waals surface area contributed by atoms with Gasteiger partial charge in [0, 0.05) is 10.7 Å². The van der Waals surface area contributed by atoms with Gasteiger partial charge in [0.2, 0.25) is 0 Å². The minimum atomic E-state index is -0.876. The van der Waals surface area contributed by atoms with E-state index < -0.39 is 11.8 Å². The molecule has 0 spiro atoms. The lowest BCUT2D eigenvalue weighted by Gasteiger charge is -2.08. The van der Waals surface area contributed by atoms with Gasteiger partial charge in [-0.3, -0.25) is 9.59 Å². The Bertz CT molecular complexity index is 773. The van der Waals surface area contributed by atoms with E-state index >= 15 is 0 Å². The number of hydrazone groups is 1. The van der Waals surface area contributed by atoms with Gasteiger partial charge in [0.25, 0.3) is 0 Å². The number of anilines is 1. The van der Waals surface area contributed by atoms with Gasteiger partial charge in [-0.05, 0) is 54.4 Å². The van der Waals surface area contributed by atoms with Gasteiger partial charge in [-0.1, -0.05) is 17.7 Å². The topological polar surface area (TPSA) is 79.8 Å². The molecule has 0 saturated carbocycles. The third-order valence-electron chi connectivity index (χ3n) is 3.22. The first-order valence-corrected chi connectivity index (χ1v) is 7.42. The van der Waals surface area contributed by atoms with Crippen molar-refractivity contribution in [3.05, 3.63) is 58.6 Å². The number of hydrogen-bond acceptors (Lipinski definition) is 4. The van der Waals surface area contributed by atoms with Crippen LogP contribution in [-0.4, -0.2) is 25.1 Å². The molecule has 0 unspecified atom stereocenters. The van der Waals surface area contributed by atoms with Crippen LogP contribution in [-0.2, 0) is 9.59 Å². The summed E-state index contributed by atoms with van der Waals surface area (Å²) in [6, 6.07) is 12.1. The highest BCUT2D eigenvalue weighted by Crippen LogP contribution is 2.22. The van der Waals surface area contributed by atoms with E-state index in [0.29, 0.717) is 22.0 Å². The van der Waals surface area contributed by atoms with Gasteiger partial charge < -0.3 is 10.1 Å². The van der Waals surface area contributed by atoms with Crippen LogP contribution in [0.3, 0.4) is 0 Å². The summed E-state index contributed by atoms with van der Waals surface area (Å²) in [5, 5.41) is 6.74. The first kappa shape index (κ1) is 17.5. The second-order valence-electron chi connectivity index (χ2n) is 4.84. The summed E-state index contributed by atoms with van der Waals surface area (Å²) >= 11 is 5.97. The average molecular weight is 346 g/mol. The molecule has 0 aliphatic rings. The maximum Gasteiger partial charge on any atom is 0.329 e. The molecule has 0 bridgehead atoms. The molecule has 0 fully saturated rings. The van der Waals surface area contributed by atoms with Gasteiger partial charge in [-0.25, -0.2) is 5.43 Å². The summed E-state index contributed by atoms with van der Waals surface area (Å²) in [6.45, 7) is 1.75. The number of hydrogen-bond donors (Lipinski definition) is 2. The number of methoxy groups -OCH3 is 1. The Morgan fingerprint density at radius 2 is 1.83 bits per heavy atom. The molecule has 2 aromatic rings. The normalized spacial score (nSPS) is 10.5. The molecule has 124 valence electrons. The molecule has 0 aliphatic carbocycles. The maximum atomic E-state index is 11.8. The number of benzene rings is 2. The average Bonchev–Trinajstić information content (AvgIpc) is 2.59. The van der Waals surface area contributed by atoms with E-state index in [9.17, 15) is 9.59 Å². The summed E-state index contributed by atoms with van der Waals surface area (Å²) < 4.78 is 5.04. The molecule has 6 nitrogen and oxygen atoms in total. The number of halogens is 1. The molecule has 24 heavy (non-hydrogen) atoms. The Morgan fingerprint density at radius 3 is 2.50 bits per heavy atom. The Hall–Kier alpha value is -2.86. The largest absolute Gasteiger partial charge is 0.497 e. The number of ether oxygens (including phenoxy) is 1. The summed E-state index contributed by atoms with van der Waals surface area (Å²) in [5.41, 5.74) is 4.08. The quantitative estimate of drug-likeness (QED) is 0.508. The summed E-state index contributed by atoms with van der Waals surface area (Å²) in [4.78, 5) is 23.6. The van der Waals surface area contributed by atoms with Crippen LogP contribution >= 0.6 is 11.6 Å². The lowest BCUT2D eigenvalue weighted by atomic mass is 10.2. The molecule has 2 N–H and O–H groups in total. The van der Waals surface area contributed by atoms with Crippen LogP contribution in [0, 0.1) is 6.92 Å². The Labute approximate surface area is 144 Å². The summed E-state index contributed by atoms with van der Waals surface area (Å²) in [7, 11) is 1.57. The van der Waals surface area contributed by atoms with E-state index in [2.05, 4.69) is 15.8 Å². The molecule has 0 radical (unpaired) electrons. The van der Waals surface area contributed by atoms with Crippen LogP contribution in [0.25, 0.3) is 0 Å². The molecule has 7 heteroatoms. The van der Waals surface area contributed by atoms with Gasteiger partial charge >= 0.3 is 11.8 Å². The van der Waals surface area contributed by atoms with Crippen molar-refractivity contribution in [1.29, 1.82) is 0 Å². The molecular formula is C17H16ClN3O3. The maximum absolute atomic E-state index is 11.8.